The van der Waals surface area contributed by atoms with E-state index in [2.05, 4.69) is 35.9 Å². The number of halogens is 2. The van der Waals surface area contributed by atoms with Crippen LogP contribution in [0.4, 0.5) is 0 Å². The Bertz CT molecular complexity index is 274. The zero-order valence-electron chi connectivity index (χ0n) is 12.7. The summed E-state index contributed by atoms with van der Waals surface area (Å²) in [6.07, 6.45) is 0. The van der Waals surface area contributed by atoms with Crippen molar-refractivity contribution in [1.29, 1.82) is 0 Å². The Morgan fingerprint density at radius 1 is 0.864 bits per heavy atom. The van der Waals surface area contributed by atoms with E-state index >= 15 is 0 Å². The Morgan fingerprint density at radius 2 is 1.18 bits per heavy atom. The molecule has 0 saturated carbocycles. The van der Waals surface area contributed by atoms with Crippen molar-refractivity contribution in [3.8, 4) is 0 Å². The van der Waals surface area contributed by atoms with Crippen LogP contribution in [0.15, 0.2) is 0 Å². The molecule has 6 nitrogen and oxygen atoms in total. The van der Waals surface area contributed by atoms with Crippen molar-refractivity contribution in [2.75, 3.05) is 37.8 Å². The maximum Gasteiger partial charge on any atom is 0.323 e. The number of nitrogens with one attached hydrogen (secondary N) is 2. The molecule has 0 aliphatic carbocycles. The predicted octanol–water partition coefficient (Wildman–Crippen LogP) is 0.732. The van der Waals surface area contributed by atoms with E-state index in [0.29, 0.717) is 37.8 Å². The van der Waals surface area contributed by atoms with Gasteiger partial charge in [0.05, 0.1) is 13.2 Å². The van der Waals surface area contributed by atoms with Crippen molar-refractivity contribution in [1.82, 2.24) is 10.6 Å². The molecule has 0 aromatic heterocycles. The summed E-state index contributed by atoms with van der Waals surface area (Å²) in [7, 11) is 0. The lowest BCUT2D eigenvalue weighted by Gasteiger charge is -2.17. The van der Waals surface area contributed by atoms with Gasteiger partial charge in [-0.15, -0.1) is 24.8 Å². The van der Waals surface area contributed by atoms with Gasteiger partial charge in [-0.1, -0.05) is 0 Å². The minimum Gasteiger partial charge on any atom is -0.465 e. The van der Waals surface area contributed by atoms with Crippen LogP contribution in [-0.2, 0) is 19.1 Å². The first-order valence-corrected chi connectivity index (χ1v) is 7.88. The summed E-state index contributed by atoms with van der Waals surface area (Å²) in [6, 6.07) is -0.894. The third kappa shape index (κ3) is 11.7. The third-order valence-electron chi connectivity index (χ3n) is 2.41. The van der Waals surface area contributed by atoms with Crippen molar-refractivity contribution < 1.29 is 19.1 Å². The van der Waals surface area contributed by atoms with Crippen LogP contribution in [-0.4, -0.2) is 61.8 Å². The smallest absolute Gasteiger partial charge is 0.323 e. The molecule has 0 aromatic rings. The summed E-state index contributed by atoms with van der Waals surface area (Å²) in [4.78, 5) is 23.0. The number of rotatable bonds is 11. The molecule has 0 heterocycles. The molecule has 0 aromatic carbocycles. The molecule has 10 heteroatoms. The van der Waals surface area contributed by atoms with Gasteiger partial charge in [-0.3, -0.25) is 9.59 Å². The second kappa shape index (κ2) is 17.5. The molecule has 0 aliphatic heterocycles. The highest BCUT2D eigenvalue weighted by Gasteiger charge is 2.19. The van der Waals surface area contributed by atoms with E-state index in [1.54, 1.807) is 13.8 Å². The molecule has 22 heavy (non-hydrogen) atoms. The highest BCUT2D eigenvalue weighted by molar-refractivity contribution is 7.80. The first-order chi connectivity index (χ1) is 9.60. The summed E-state index contributed by atoms with van der Waals surface area (Å²) in [5.74, 6) is 0.0663. The first-order valence-electron chi connectivity index (χ1n) is 6.62. The molecule has 0 amide bonds. The van der Waals surface area contributed by atoms with Crippen LogP contribution in [0.3, 0.4) is 0 Å². The van der Waals surface area contributed by atoms with Crippen molar-refractivity contribution in [2.45, 2.75) is 25.9 Å². The highest BCUT2D eigenvalue weighted by Crippen LogP contribution is 1.94. The van der Waals surface area contributed by atoms with Crippen LogP contribution in [0.2, 0.25) is 0 Å². The number of esters is 2. The van der Waals surface area contributed by atoms with Gasteiger partial charge in [-0.05, 0) is 13.8 Å². The Hall–Kier alpha value is 0.140. The summed E-state index contributed by atoms with van der Waals surface area (Å²) >= 11 is 8.20. The van der Waals surface area contributed by atoms with Gasteiger partial charge in [0.2, 0.25) is 0 Å². The van der Waals surface area contributed by atoms with Gasteiger partial charge >= 0.3 is 11.9 Å². The minimum atomic E-state index is -0.447. The second-order valence-electron chi connectivity index (χ2n) is 3.88. The van der Waals surface area contributed by atoms with Crippen LogP contribution >= 0.6 is 50.1 Å². The lowest BCUT2D eigenvalue weighted by atomic mass is 10.3. The average Bonchev–Trinajstić information content (AvgIpc) is 2.43. The van der Waals surface area contributed by atoms with Gasteiger partial charge in [0, 0.05) is 24.6 Å². The summed E-state index contributed by atoms with van der Waals surface area (Å²) < 4.78 is 9.81. The number of carbonyl (C=O) groups is 2. The van der Waals surface area contributed by atoms with Gasteiger partial charge in [0.15, 0.2) is 0 Å². The summed E-state index contributed by atoms with van der Waals surface area (Å²) in [5, 5.41) is 6.03. The van der Waals surface area contributed by atoms with E-state index < -0.39 is 12.1 Å². The molecule has 0 unspecified atom stereocenters. The Balaban J connectivity index is -0.00000180. The lowest BCUT2D eigenvalue weighted by Crippen LogP contribution is -2.46. The van der Waals surface area contributed by atoms with Gasteiger partial charge in [-0.2, -0.15) is 25.3 Å². The number of ether oxygens (including phenoxy) is 2. The quantitative estimate of drug-likeness (QED) is 0.234. The molecular formula is C12H26Cl2N2O4S2. The molecule has 0 spiro atoms. The standard InChI is InChI=1S/C12H24N2O4S2.2ClH/c1-3-17-11(15)9(7-19)13-5-6-14-10(8-20)12(16)18-4-2;;/h9-10,13-14,19-20H,3-8H2,1-2H3;2*1H/t9-,10-;;/m0../s1. The SMILES string of the molecule is CCOC(=O)[C@H](CS)NCCN[C@@H](CS)C(=O)OCC.Cl.Cl. The third-order valence-corrected chi connectivity index (χ3v) is 3.14. The van der Waals surface area contributed by atoms with E-state index in [1.807, 2.05) is 0 Å². The van der Waals surface area contributed by atoms with Gasteiger partial charge in [0.1, 0.15) is 12.1 Å². The molecule has 0 fully saturated rings. The van der Waals surface area contributed by atoms with E-state index in [4.69, 9.17) is 9.47 Å². The number of hydrogen-bond donors (Lipinski definition) is 4. The molecule has 0 radical (unpaired) electrons. The molecule has 2 N–H and O–H groups in total. The summed E-state index contributed by atoms with van der Waals surface area (Å²) in [5.41, 5.74) is 0. The van der Waals surface area contributed by atoms with Crippen molar-refractivity contribution >= 4 is 62.0 Å². The Kier molecular flexibility index (Phi) is 21.5. The normalized spacial score (nSPS) is 12.4. The second-order valence-corrected chi connectivity index (χ2v) is 4.61. The van der Waals surface area contributed by atoms with E-state index in [1.165, 1.54) is 0 Å². The minimum absolute atomic E-state index is 0. The Labute approximate surface area is 155 Å². The number of thiol groups is 2. The maximum atomic E-state index is 11.5. The van der Waals surface area contributed by atoms with Gasteiger partial charge in [0.25, 0.3) is 0 Å². The molecule has 0 saturated heterocycles. The molecule has 0 bridgehead atoms. The van der Waals surface area contributed by atoms with E-state index in [0.717, 1.165) is 0 Å². The van der Waals surface area contributed by atoms with Crippen molar-refractivity contribution in [2.24, 2.45) is 0 Å². The van der Waals surface area contributed by atoms with Crippen LogP contribution < -0.4 is 10.6 Å². The topological polar surface area (TPSA) is 76.7 Å². The average molecular weight is 397 g/mol. The van der Waals surface area contributed by atoms with Crippen LogP contribution in [0.1, 0.15) is 13.8 Å². The predicted molar refractivity (Wildman–Crippen MR) is 99.0 cm³/mol. The Morgan fingerprint density at radius 3 is 1.41 bits per heavy atom. The van der Waals surface area contributed by atoms with Crippen LogP contribution in [0, 0.1) is 0 Å². The molecular weight excluding hydrogens is 371 g/mol. The highest BCUT2D eigenvalue weighted by atomic mass is 35.5. The fourth-order valence-electron chi connectivity index (χ4n) is 1.42. The van der Waals surface area contributed by atoms with Crippen LogP contribution in [0.25, 0.3) is 0 Å². The maximum absolute atomic E-state index is 11.5. The largest absolute Gasteiger partial charge is 0.465 e. The first kappa shape index (κ1) is 27.0. The van der Waals surface area contributed by atoms with Crippen molar-refractivity contribution in [3.05, 3.63) is 0 Å². The van der Waals surface area contributed by atoms with E-state index in [9.17, 15) is 9.59 Å². The fraction of sp³-hybridized carbons (Fsp3) is 0.833. The summed E-state index contributed by atoms with van der Waals surface area (Å²) in [6.45, 7) is 5.21. The zero-order chi connectivity index (χ0) is 15.4. The molecule has 0 aliphatic rings. The van der Waals surface area contributed by atoms with Crippen molar-refractivity contribution in [3.63, 3.8) is 0 Å². The molecule has 2 atom stereocenters. The van der Waals surface area contributed by atoms with Gasteiger partial charge < -0.3 is 20.1 Å². The molecule has 134 valence electrons. The van der Waals surface area contributed by atoms with E-state index in [-0.39, 0.29) is 36.8 Å². The molecule has 0 rings (SSSR count). The van der Waals surface area contributed by atoms with Crippen LogP contribution in [0.5, 0.6) is 0 Å². The fourth-order valence-corrected chi connectivity index (χ4v) is 1.98. The monoisotopic (exact) mass is 396 g/mol. The number of hydrogen-bond acceptors (Lipinski definition) is 8. The zero-order valence-corrected chi connectivity index (χ0v) is 16.2. The number of carbonyl (C=O) groups excluding carboxylic acids is 2. The lowest BCUT2D eigenvalue weighted by molar-refractivity contribution is -0.146. The van der Waals surface area contributed by atoms with Gasteiger partial charge in [-0.25, -0.2) is 0 Å².